The van der Waals surface area contributed by atoms with Crippen molar-refractivity contribution in [1.82, 2.24) is 15.3 Å². The van der Waals surface area contributed by atoms with Gasteiger partial charge in [-0.2, -0.15) is 13.2 Å². The van der Waals surface area contributed by atoms with Gasteiger partial charge < -0.3 is 20.3 Å². The molecule has 2 aromatic heterocycles. The fourth-order valence-corrected chi connectivity index (χ4v) is 4.84. The summed E-state index contributed by atoms with van der Waals surface area (Å²) in [5, 5.41) is 4.99. The molecule has 0 unspecified atom stereocenters. The quantitative estimate of drug-likeness (QED) is 0.169. The van der Waals surface area contributed by atoms with Gasteiger partial charge >= 0.3 is 12.1 Å². The van der Waals surface area contributed by atoms with Crippen LogP contribution in [0.2, 0.25) is 0 Å². The lowest BCUT2D eigenvalue weighted by molar-refractivity contribution is -0.143. The van der Waals surface area contributed by atoms with E-state index in [2.05, 4.69) is 15.3 Å². The largest absolute Gasteiger partial charge is 0.467 e. The first kappa shape index (κ1) is 32.1. The molecule has 2 N–H and O–H groups in total. The Morgan fingerprint density at radius 2 is 1.66 bits per heavy atom. The van der Waals surface area contributed by atoms with Crippen LogP contribution < -0.4 is 15.5 Å². The zero-order valence-electron chi connectivity index (χ0n) is 24.3. The Morgan fingerprint density at radius 3 is 2.27 bits per heavy atom. The highest BCUT2D eigenvalue weighted by molar-refractivity contribution is 5.99. The van der Waals surface area contributed by atoms with Crippen molar-refractivity contribution in [2.75, 3.05) is 31.4 Å². The number of pyridine rings is 2. The van der Waals surface area contributed by atoms with Crippen molar-refractivity contribution in [2.45, 2.75) is 38.0 Å². The van der Waals surface area contributed by atoms with E-state index in [9.17, 15) is 31.5 Å². The summed E-state index contributed by atoms with van der Waals surface area (Å²) in [6, 6.07) is 8.49. The normalized spacial score (nSPS) is 12.8. The second kappa shape index (κ2) is 13.2. The first-order valence-electron chi connectivity index (χ1n) is 13.6. The highest BCUT2D eigenvalue weighted by atomic mass is 19.4. The lowest BCUT2D eigenvalue weighted by Gasteiger charge is -2.22. The number of hydrogen-bond donors (Lipinski definition) is 2. The third-order valence-corrected chi connectivity index (χ3v) is 7.01. The minimum atomic E-state index is -4.66. The smallest absolute Gasteiger partial charge is 0.408 e. The maximum atomic E-state index is 14.9. The Hall–Kier alpha value is -4.81. The minimum absolute atomic E-state index is 0.129. The standard InChI is InChI=1S/C31H30F5N5O3/c1-5-25(31(34,35)36)39-18-15-21(32)26(22(33)16-18)29(42)40-23(30(43)44-4)14-17-10-11-20(27-19(17)8-6-12-37-27)28-24(41(2)3)9-7-13-38-28/h6-13,15-16,23,25,39H,5,14H2,1-4H3,(H,40,42)/t23-,25+/m0/s1. The molecule has 0 radical (unpaired) electrons. The van der Waals surface area contributed by atoms with E-state index in [4.69, 9.17) is 4.74 Å². The van der Waals surface area contributed by atoms with Crippen LogP contribution in [0, 0.1) is 11.6 Å². The first-order chi connectivity index (χ1) is 20.8. The molecular formula is C31H30F5N5O3. The lowest BCUT2D eigenvalue weighted by Crippen LogP contribution is -2.43. The summed E-state index contributed by atoms with van der Waals surface area (Å²) in [5.74, 6) is -4.98. The maximum Gasteiger partial charge on any atom is 0.408 e. The van der Waals surface area contributed by atoms with Crippen LogP contribution in [0.1, 0.15) is 29.3 Å². The number of ether oxygens (including phenoxy) is 1. The SMILES string of the molecule is CC[C@@H](Nc1cc(F)c(C(=O)N[C@@H](Cc2ccc(-c3ncccc3N(C)C)c3ncccc23)C(=O)OC)c(F)c1)C(F)(F)F. The highest BCUT2D eigenvalue weighted by Gasteiger charge is 2.38. The molecule has 8 nitrogen and oxygen atoms in total. The number of alkyl halides is 3. The van der Waals surface area contributed by atoms with E-state index < -0.39 is 53.0 Å². The summed E-state index contributed by atoms with van der Waals surface area (Å²) in [6.45, 7) is 1.26. The molecule has 0 aliphatic heterocycles. The number of aromatic nitrogens is 2. The summed E-state index contributed by atoms with van der Waals surface area (Å²) >= 11 is 0. The van der Waals surface area contributed by atoms with Crippen molar-refractivity contribution >= 4 is 34.2 Å². The van der Waals surface area contributed by atoms with Crippen LogP contribution in [0.4, 0.5) is 33.3 Å². The Labute approximate surface area is 250 Å². The van der Waals surface area contributed by atoms with Crippen LogP contribution in [-0.4, -0.2) is 61.3 Å². The van der Waals surface area contributed by atoms with Crippen LogP contribution in [0.3, 0.4) is 0 Å². The topological polar surface area (TPSA) is 96.5 Å². The van der Waals surface area contributed by atoms with E-state index in [-0.39, 0.29) is 12.8 Å². The molecule has 0 saturated carbocycles. The molecule has 13 heteroatoms. The van der Waals surface area contributed by atoms with Gasteiger partial charge in [0.2, 0.25) is 0 Å². The molecular weight excluding hydrogens is 585 g/mol. The van der Waals surface area contributed by atoms with E-state index >= 15 is 0 Å². The van der Waals surface area contributed by atoms with Crippen molar-refractivity contribution in [3.8, 4) is 11.3 Å². The average Bonchev–Trinajstić information content (AvgIpc) is 2.98. The molecule has 0 bridgehead atoms. The molecule has 0 aliphatic carbocycles. The highest BCUT2D eigenvalue weighted by Crippen LogP contribution is 2.34. The minimum Gasteiger partial charge on any atom is -0.467 e. The zero-order valence-corrected chi connectivity index (χ0v) is 24.3. The van der Waals surface area contributed by atoms with Crippen LogP contribution >= 0.6 is 0 Å². The Balaban J connectivity index is 1.65. The van der Waals surface area contributed by atoms with Gasteiger partial charge in [0.05, 0.1) is 24.0 Å². The number of methoxy groups -OCH3 is 1. The molecule has 44 heavy (non-hydrogen) atoms. The van der Waals surface area contributed by atoms with Gasteiger partial charge in [-0.25, -0.2) is 13.6 Å². The summed E-state index contributed by atoms with van der Waals surface area (Å²) in [4.78, 5) is 36.7. The van der Waals surface area contributed by atoms with Crippen molar-refractivity contribution in [3.63, 3.8) is 0 Å². The number of carbonyl (C=O) groups excluding carboxylic acids is 2. The molecule has 2 aromatic carbocycles. The van der Waals surface area contributed by atoms with Gasteiger partial charge in [0.1, 0.15) is 29.3 Å². The van der Waals surface area contributed by atoms with Crippen molar-refractivity contribution < 1.29 is 36.3 Å². The van der Waals surface area contributed by atoms with Gasteiger partial charge in [0, 0.05) is 49.5 Å². The Morgan fingerprint density at radius 1 is 1.00 bits per heavy atom. The summed E-state index contributed by atoms with van der Waals surface area (Å²) in [5.41, 5.74) is 1.85. The van der Waals surface area contributed by atoms with Crippen molar-refractivity contribution in [1.29, 1.82) is 0 Å². The van der Waals surface area contributed by atoms with Crippen molar-refractivity contribution in [3.05, 3.63) is 83.7 Å². The van der Waals surface area contributed by atoms with Crippen LogP contribution in [-0.2, 0) is 16.0 Å². The molecule has 232 valence electrons. The number of esters is 1. The first-order valence-corrected chi connectivity index (χ1v) is 13.6. The third-order valence-electron chi connectivity index (χ3n) is 7.01. The van der Waals surface area contributed by atoms with Gasteiger partial charge in [-0.1, -0.05) is 25.1 Å². The van der Waals surface area contributed by atoms with E-state index in [0.29, 0.717) is 34.3 Å². The zero-order chi connectivity index (χ0) is 32.2. The number of fused-ring (bicyclic) bond motifs is 1. The lowest BCUT2D eigenvalue weighted by atomic mass is 9.96. The molecule has 1 amide bonds. The van der Waals surface area contributed by atoms with Crippen LogP contribution in [0.25, 0.3) is 22.2 Å². The van der Waals surface area contributed by atoms with Gasteiger partial charge in [-0.15, -0.1) is 0 Å². The molecule has 0 saturated heterocycles. The molecule has 0 aliphatic rings. The maximum absolute atomic E-state index is 14.9. The number of rotatable bonds is 10. The molecule has 4 rings (SSSR count). The van der Waals surface area contributed by atoms with E-state index in [1.807, 2.05) is 36.4 Å². The van der Waals surface area contributed by atoms with E-state index in [0.717, 1.165) is 18.4 Å². The average molecular weight is 616 g/mol. The predicted octanol–water partition coefficient (Wildman–Crippen LogP) is 5.91. The second-order valence-corrected chi connectivity index (χ2v) is 10.2. The Kier molecular flexibility index (Phi) is 9.65. The van der Waals surface area contributed by atoms with E-state index in [1.54, 1.807) is 36.7 Å². The Bertz CT molecular complexity index is 1660. The van der Waals surface area contributed by atoms with Crippen LogP contribution in [0.15, 0.2) is 60.9 Å². The van der Waals surface area contributed by atoms with Gasteiger partial charge in [-0.3, -0.25) is 14.8 Å². The van der Waals surface area contributed by atoms with Gasteiger partial charge in [-0.05, 0) is 42.3 Å². The number of nitrogens with one attached hydrogen (secondary N) is 2. The number of amides is 1. The van der Waals surface area contributed by atoms with Gasteiger partial charge in [0.15, 0.2) is 0 Å². The van der Waals surface area contributed by atoms with E-state index in [1.165, 1.54) is 6.92 Å². The predicted molar refractivity (Wildman–Crippen MR) is 156 cm³/mol. The van der Waals surface area contributed by atoms with Crippen molar-refractivity contribution in [2.24, 2.45) is 0 Å². The molecule has 2 atom stereocenters. The number of hydrogen-bond acceptors (Lipinski definition) is 7. The number of benzene rings is 2. The van der Waals surface area contributed by atoms with Crippen LogP contribution in [0.5, 0.6) is 0 Å². The molecule has 4 aromatic rings. The number of carbonyl (C=O) groups is 2. The molecule has 2 heterocycles. The number of nitrogens with zero attached hydrogens (tertiary/aromatic N) is 3. The summed E-state index contributed by atoms with van der Waals surface area (Å²) in [7, 11) is 4.86. The second-order valence-electron chi connectivity index (χ2n) is 10.2. The monoisotopic (exact) mass is 615 g/mol. The molecule has 0 spiro atoms. The number of anilines is 2. The summed E-state index contributed by atoms with van der Waals surface area (Å²) < 4.78 is 74.1. The molecule has 0 fully saturated rings. The fourth-order valence-electron chi connectivity index (χ4n) is 4.84. The van der Waals surface area contributed by atoms with Gasteiger partial charge in [0.25, 0.3) is 5.91 Å². The summed E-state index contributed by atoms with van der Waals surface area (Å²) in [6.07, 6.45) is -1.91. The number of halogens is 5. The fraction of sp³-hybridized carbons (Fsp3) is 0.290. The third kappa shape index (κ3) is 6.87.